The van der Waals surface area contributed by atoms with E-state index in [-0.39, 0.29) is 18.0 Å². The highest BCUT2D eigenvalue weighted by Gasteiger charge is 2.31. The molecular weight excluding hydrogens is 344 g/mol. The number of carboxylic acids is 1. The number of hydrogen-bond acceptors (Lipinski definition) is 4. The van der Waals surface area contributed by atoms with E-state index in [0.717, 1.165) is 35.3 Å². The fourth-order valence-corrected chi connectivity index (χ4v) is 3.31. The molecule has 2 aromatic heterocycles. The lowest BCUT2D eigenvalue weighted by Crippen LogP contribution is -2.34. The van der Waals surface area contributed by atoms with Crippen LogP contribution in [0.15, 0.2) is 6.07 Å². The molecule has 0 bridgehead atoms. The first-order valence-electron chi connectivity index (χ1n) is 9.39. The van der Waals surface area contributed by atoms with E-state index in [0.29, 0.717) is 11.5 Å². The number of nitrogens with zero attached hydrogens (tertiary/aromatic N) is 4. The van der Waals surface area contributed by atoms with Crippen LogP contribution in [-0.4, -0.2) is 50.2 Å². The molecular formula is C20H28N4O3. The van der Waals surface area contributed by atoms with Gasteiger partial charge in [0.15, 0.2) is 5.65 Å². The second-order valence-corrected chi connectivity index (χ2v) is 8.66. The fourth-order valence-electron chi connectivity index (χ4n) is 3.31. The lowest BCUT2D eigenvalue weighted by Gasteiger charge is -2.22. The van der Waals surface area contributed by atoms with Crippen molar-refractivity contribution in [2.24, 2.45) is 5.92 Å². The summed E-state index contributed by atoms with van der Waals surface area (Å²) in [5.74, 6) is -1.33. The first-order chi connectivity index (χ1) is 12.5. The number of aryl methyl sites for hydroxylation is 1. The van der Waals surface area contributed by atoms with Gasteiger partial charge in [0.2, 0.25) is 0 Å². The molecule has 1 N–H and O–H groups in total. The van der Waals surface area contributed by atoms with Gasteiger partial charge in [-0.05, 0) is 46.6 Å². The number of carbonyl (C=O) groups excluding carboxylic acids is 1. The molecule has 27 heavy (non-hydrogen) atoms. The minimum atomic E-state index is -0.912. The van der Waals surface area contributed by atoms with Crippen LogP contribution in [0.2, 0.25) is 0 Å². The first-order valence-corrected chi connectivity index (χ1v) is 9.39. The van der Waals surface area contributed by atoms with Crippen molar-refractivity contribution in [3.05, 3.63) is 23.0 Å². The van der Waals surface area contributed by atoms with Crippen molar-refractivity contribution in [1.29, 1.82) is 0 Å². The zero-order chi connectivity index (χ0) is 20.1. The molecule has 7 nitrogen and oxygen atoms in total. The van der Waals surface area contributed by atoms with Gasteiger partial charge < -0.3 is 10.0 Å². The molecule has 3 rings (SSSR count). The molecule has 0 spiro atoms. The average Bonchev–Trinajstić information content (AvgIpc) is 3.36. The van der Waals surface area contributed by atoms with E-state index < -0.39 is 11.9 Å². The standard InChI is InChI=1S/C20H28N4O3/c1-11(19(26)27)10-23(6)18(25)14-9-15(13-7-8-13)21-17-16(14)12(2)22-24(17)20(3,4)5/h9,11,13H,7-8,10H2,1-6H3,(H,26,27). The molecule has 0 aromatic carbocycles. The van der Waals surface area contributed by atoms with Crippen molar-refractivity contribution in [2.75, 3.05) is 13.6 Å². The van der Waals surface area contributed by atoms with Crippen LogP contribution in [0.4, 0.5) is 0 Å². The second kappa shape index (κ2) is 6.62. The van der Waals surface area contributed by atoms with Crippen molar-refractivity contribution in [1.82, 2.24) is 19.7 Å². The predicted molar refractivity (Wildman–Crippen MR) is 103 cm³/mol. The molecule has 146 valence electrons. The Labute approximate surface area is 159 Å². The second-order valence-electron chi connectivity index (χ2n) is 8.66. The highest BCUT2D eigenvalue weighted by Crippen LogP contribution is 2.41. The highest BCUT2D eigenvalue weighted by molar-refractivity contribution is 6.06. The molecule has 0 radical (unpaired) electrons. The predicted octanol–water partition coefficient (Wildman–Crippen LogP) is 3.16. The van der Waals surface area contributed by atoms with Gasteiger partial charge in [-0.3, -0.25) is 9.59 Å². The largest absolute Gasteiger partial charge is 0.481 e. The van der Waals surface area contributed by atoms with Crippen LogP contribution in [0, 0.1) is 12.8 Å². The van der Waals surface area contributed by atoms with Gasteiger partial charge in [-0.25, -0.2) is 9.67 Å². The van der Waals surface area contributed by atoms with Crippen LogP contribution >= 0.6 is 0 Å². The summed E-state index contributed by atoms with van der Waals surface area (Å²) in [6.45, 7) is 9.83. The molecule has 2 heterocycles. The molecule has 1 amide bonds. The zero-order valence-electron chi connectivity index (χ0n) is 16.9. The minimum absolute atomic E-state index is 0.156. The third-order valence-corrected chi connectivity index (χ3v) is 5.01. The number of aliphatic carboxylic acids is 1. The van der Waals surface area contributed by atoms with Crippen LogP contribution in [0.5, 0.6) is 0 Å². The van der Waals surface area contributed by atoms with Crippen LogP contribution in [0.1, 0.15) is 68.2 Å². The monoisotopic (exact) mass is 372 g/mol. The number of pyridine rings is 1. The van der Waals surface area contributed by atoms with Gasteiger partial charge in [0.25, 0.3) is 5.91 Å². The van der Waals surface area contributed by atoms with Crippen LogP contribution in [-0.2, 0) is 10.3 Å². The summed E-state index contributed by atoms with van der Waals surface area (Å²) in [5.41, 5.74) is 2.72. The summed E-state index contributed by atoms with van der Waals surface area (Å²) in [6.07, 6.45) is 2.17. The van der Waals surface area contributed by atoms with Crippen molar-refractivity contribution in [3.8, 4) is 0 Å². The fraction of sp³-hybridized carbons (Fsp3) is 0.600. The molecule has 1 unspecified atom stereocenters. The van der Waals surface area contributed by atoms with E-state index in [2.05, 4.69) is 25.9 Å². The quantitative estimate of drug-likeness (QED) is 0.871. The number of carboxylic acid groups (broad SMARTS) is 1. The van der Waals surface area contributed by atoms with Gasteiger partial charge in [-0.1, -0.05) is 6.92 Å². The summed E-state index contributed by atoms with van der Waals surface area (Å²) >= 11 is 0. The third-order valence-electron chi connectivity index (χ3n) is 5.01. The van der Waals surface area contributed by atoms with Gasteiger partial charge in [0.1, 0.15) is 0 Å². The molecule has 2 aromatic rings. The van der Waals surface area contributed by atoms with Gasteiger partial charge in [-0.15, -0.1) is 0 Å². The Morgan fingerprint density at radius 1 is 1.37 bits per heavy atom. The van der Waals surface area contributed by atoms with Crippen LogP contribution < -0.4 is 0 Å². The Balaban J connectivity index is 2.12. The Morgan fingerprint density at radius 3 is 2.52 bits per heavy atom. The molecule has 7 heteroatoms. The normalized spacial score (nSPS) is 15.8. The van der Waals surface area contributed by atoms with Crippen LogP contribution in [0.25, 0.3) is 11.0 Å². The number of hydrogen-bond donors (Lipinski definition) is 1. The SMILES string of the molecule is Cc1nn(C(C)(C)C)c2nc(C3CC3)cc(C(=O)N(C)CC(C)C(=O)O)c12. The summed E-state index contributed by atoms with van der Waals surface area (Å²) in [4.78, 5) is 30.7. The Kier molecular flexibility index (Phi) is 4.74. The van der Waals surface area contributed by atoms with Crippen molar-refractivity contribution in [3.63, 3.8) is 0 Å². The molecule has 1 aliphatic rings. The first kappa shape index (κ1) is 19.3. The Bertz CT molecular complexity index is 906. The van der Waals surface area contributed by atoms with Gasteiger partial charge in [0.05, 0.1) is 28.1 Å². The molecule has 1 fully saturated rings. The highest BCUT2D eigenvalue weighted by atomic mass is 16.4. The van der Waals surface area contributed by atoms with Gasteiger partial charge in [0, 0.05) is 25.2 Å². The Hall–Kier alpha value is -2.44. The molecule has 0 aliphatic heterocycles. The molecule has 0 saturated heterocycles. The van der Waals surface area contributed by atoms with Crippen molar-refractivity contribution < 1.29 is 14.7 Å². The molecule has 1 atom stereocenters. The Morgan fingerprint density at radius 2 is 2.00 bits per heavy atom. The summed E-state index contributed by atoms with van der Waals surface area (Å²) in [6, 6.07) is 1.88. The maximum atomic E-state index is 13.2. The van der Waals surface area contributed by atoms with E-state index in [1.807, 2.05) is 17.7 Å². The number of amides is 1. The van der Waals surface area contributed by atoms with E-state index in [9.17, 15) is 9.59 Å². The number of carbonyl (C=O) groups is 2. The lowest BCUT2D eigenvalue weighted by molar-refractivity contribution is -0.141. The topological polar surface area (TPSA) is 88.3 Å². The maximum absolute atomic E-state index is 13.2. The third kappa shape index (κ3) is 3.68. The van der Waals surface area contributed by atoms with Gasteiger partial charge in [-0.2, -0.15) is 5.10 Å². The smallest absolute Gasteiger partial charge is 0.308 e. The van der Waals surface area contributed by atoms with Crippen LogP contribution in [0.3, 0.4) is 0 Å². The van der Waals surface area contributed by atoms with Crippen molar-refractivity contribution >= 4 is 22.9 Å². The van der Waals surface area contributed by atoms with E-state index in [1.54, 1.807) is 14.0 Å². The number of fused-ring (bicyclic) bond motifs is 1. The average molecular weight is 372 g/mol. The summed E-state index contributed by atoms with van der Waals surface area (Å²) in [5, 5.41) is 14.6. The summed E-state index contributed by atoms with van der Waals surface area (Å²) < 4.78 is 1.89. The summed E-state index contributed by atoms with van der Waals surface area (Å²) in [7, 11) is 1.65. The van der Waals surface area contributed by atoms with E-state index in [4.69, 9.17) is 10.1 Å². The lowest BCUT2D eigenvalue weighted by atomic mass is 10.0. The van der Waals surface area contributed by atoms with E-state index in [1.165, 1.54) is 4.90 Å². The number of rotatable bonds is 5. The van der Waals surface area contributed by atoms with Gasteiger partial charge >= 0.3 is 5.97 Å². The molecule has 1 saturated carbocycles. The minimum Gasteiger partial charge on any atom is -0.481 e. The maximum Gasteiger partial charge on any atom is 0.308 e. The zero-order valence-corrected chi connectivity index (χ0v) is 16.9. The van der Waals surface area contributed by atoms with Crippen molar-refractivity contribution in [2.45, 2.75) is 58.9 Å². The number of aromatic nitrogens is 3. The van der Waals surface area contributed by atoms with E-state index >= 15 is 0 Å². The molecule has 1 aliphatic carbocycles.